The summed E-state index contributed by atoms with van der Waals surface area (Å²) in [6.45, 7) is 5.05. The Morgan fingerprint density at radius 2 is 1.96 bits per heavy atom. The number of hydrogen-bond acceptors (Lipinski definition) is 3. The summed E-state index contributed by atoms with van der Waals surface area (Å²) in [6.07, 6.45) is 5.45. The quantitative estimate of drug-likeness (QED) is 0.745. The molecule has 1 aromatic carbocycles. The van der Waals surface area contributed by atoms with Crippen molar-refractivity contribution in [2.45, 2.75) is 51.5 Å². The number of ether oxygens (including phenoxy) is 1. The summed E-state index contributed by atoms with van der Waals surface area (Å²) in [5, 5.41) is 0. The van der Waals surface area contributed by atoms with E-state index in [1.807, 2.05) is 34.1 Å². The third-order valence-electron chi connectivity index (χ3n) is 5.18. The van der Waals surface area contributed by atoms with Crippen LogP contribution < -0.4 is 4.74 Å². The fraction of sp³-hybridized carbons (Fsp3) is 0.600. The van der Waals surface area contributed by atoms with Crippen LogP contribution in [-0.2, 0) is 4.79 Å². The minimum atomic E-state index is 0.0401. The minimum absolute atomic E-state index is 0.0401. The van der Waals surface area contributed by atoms with Crippen molar-refractivity contribution < 1.29 is 14.3 Å². The van der Waals surface area contributed by atoms with Gasteiger partial charge >= 0.3 is 0 Å². The highest BCUT2D eigenvalue weighted by atomic mass is 16.5. The van der Waals surface area contributed by atoms with E-state index in [0.29, 0.717) is 43.5 Å². The molecule has 2 heterocycles. The molecule has 0 spiro atoms. The van der Waals surface area contributed by atoms with Crippen LogP contribution in [0.3, 0.4) is 0 Å². The minimum Gasteiger partial charge on any atom is -0.493 e. The number of rotatable bonds is 6. The predicted octanol–water partition coefficient (Wildman–Crippen LogP) is 3.09. The van der Waals surface area contributed by atoms with E-state index in [1.165, 1.54) is 0 Å². The largest absolute Gasteiger partial charge is 0.493 e. The molecular weight excluding hydrogens is 316 g/mol. The topological polar surface area (TPSA) is 49.9 Å². The predicted molar refractivity (Wildman–Crippen MR) is 96.7 cm³/mol. The average molecular weight is 344 g/mol. The van der Waals surface area contributed by atoms with Gasteiger partial charge in [-0.25, -0.2) is 0 Å². The van der Waals surface area contributed by atoms with Gasteiger partial charge in [-0.3, -0.25) is 9.59 Å². The van der Waals surface area contributed by atoms with Crippen molar-refractivity contribution in [1.29, 1.82) is 0 Å². The van der Waals surface area contributed by atoms with Crippen LogP contribution in [0.5, 0.6) is 5.75 Å². The Hall–Kier alpha value is -2.04. The van der Waals surface area contributed by atoms with Gasteiger partial charge in [0, 0.05) is 32.1 Å². The molecule has 0 N–H and O–H groups in total. The summed E-state index contributed by atoms with van der Waals surface area (Å²) < 4.78 is 5.81. The number of carbonyl (C=O) groups is 2. The summed E-state index contributed by atoms with van der Waals surface area (Å²) in [4.78, 5) is 28.7. The maximum atomic E-state index is 12.9. The average Bonchev–Trinajstić information content (AvgIpc) is 3.08. The highest BCUT2D eigenvalue weighted by Crippen LogP contribution is 2.25. The van der Waals surface area contributed by atoms with Crippen molar-refractivity contribution in [3.8, 4) is 5.75 Å². The van der Waals surface area contributed by atoms with Crippen molar-refractivity contribution in [1.82, 2.24) is 9.80 Å². The lowest BCUT2D eigenvalue weighted by atomic mass is 10.0. The number of amides is 2. The fourth-order valence-electron chi connectivity index (χ4n) is 3.70. The monoisotopic (exact) mass is 344 g/mol. The van der Waals surface area contributed by atoms with E-state index in [2.05, 4.69) is 6.92 Å². The van der Waals surface area contributed by atoms with Gasteiger partial charge in [0.25, 0.3) is 5.91 Å². The molecule has 25 heavy (non-hydrogen) atoms. The maximum absolute atomic E-state index is 12.9. The molecule has 2 fully saturated rings. The lowest BCUT2D eigenvalue weighted by Gasteiger charge is -2.36. The molecule has 0 bridgehead atoms. The third kappa shape index (κ3) is 4.14. The Balaban J connectivity index is 1.60. The van der Waals surface area contributed by atoms with Crippen molar-refractivity contribution in [3.05, 3.63) is 29.8 Å². The van der Waals surface area contributed by atoms with Gasteiger partial charge in [-0.15, -0.1) is 0 Å². The standard InChI is InChI=1S/C20H28N2O3/c1-2-3-15-25-18-8-5-4-7-17(18)20(24)21-13-10-16(11-14-21)22-12-6-9-19(22)23/h4-5,7-8,16H,2-3,6,9-15H2,1H3. The first-order valence-corrected chi connectivity index (χ1v) is 9.51. The molecule has 2 saturated heterocycles. The molecule has 0 aliphatic carbocycles. The van der Waals surface area contributed by atoms with E-state index < -0.39 is 0 Å². The molecule has 136 valence electrons. The Labute approximate surface area is 149 Å². The first-order valence-electron chi connectivity index (χ1n) is 9.51. The molecule has 0 atom stereocenters. The van der Waals surface area contributed by atoms with Crippen LogP contribution in [-0.4, -0.2) is 53.9 Å². The van der Waals surface area contributed by atoms with Gasteiger partial charge in [-0.05, 0) is 37.8 Å². The number of likely N-dealkylation sites (tertiary alicyclic amines) is 2. The van der Waals surface area contributed by atoms with Crippen molar-refractivity contribution in [3.63, 3.8) is 0 Å². The fourth-order valence-corrected chi connectivity index (χ4v) is 3.70. The molecule has 2 aliphatic heterocycles. The molecule has 0 radical (unpaired) electrons. The second-order valence-corrected chi connectivity index (χ2v) is 6.91. The van der Waals surface area contributed by atoms with Crippen LogP contribution in [0, 0.1) is 0 Å². The van der Waals surface area contributed by atoms with Gasteiger partial charge in [-0.1, -0.05) is 25.5 Å². The molecule has 0 saturated carbocycles. The van der Waals surface area contributed by atoms with Gasteiger partial charge in [0.1, 0.15) is 5.75 Å². The molecule has 3 rings (SSSR count). The second kappa shape index (κ2) is 8.37. The van der Waals surface area contributed by atoms with E-state index in [9.17, 15) is 9.59 Å². The number of nitrogens with zero attached hydrogens (tertiary/aromatic N) is 2. The number of piperidine rings is 1. The smallest absolute Gasteiger partial charge is 0.257 e. The molecular formula is C20H28N2O3. The Morgan fingerprint density at radius 1 is 1.20 bits per heavy atom. The molecule has 2 amide bonds. The summed E-state index contributed by atoms with van der Waals surface area (Å²) in [7, 11) is 0. The molecule has 0 aromatic heterocycles. The van der Waals surface area contributed by atoms with E-state index in [4.69, 9.17) is 4.74 Å². The maximum Gasteiger partial charge on any atom is 0.257 e. The number of para-hydroxylation sites is 1. The van der Waals surface area contributed by atoms with Crippen LogP contribution in [0.4, 0.5) is 0 Å². The first kappa shape index (κ1) is 17.8. The third-order valence-corrected chi connectivity index (χ3v) is 5.18. The van der Waals surface area contributed by atoms with Crippen LogP contribution in [0.1, 0.15) is 55.8 Å². The number of carbonyl (C=O) groups excluding carboxylic acids is 2. The van der Waals surface area contributed by atoms with E-state index in [0.717, 1.165) is 38.6 Å². The Kier molecular flexibility index (Phi) is 5.95. The van der Waals surface area contributed by atoms with Crippen LogP contribution in [0.25, 0.3) is 0 Å². The molecule has 0 unspecified atom stereocenters. The highest BCUT2D eigenvalue weighted by Gasteiger charge is 2.32. The van der Waals surface area contributed by atoms with E-state index in [-0.39, 0.29) is 11.8 Å². The summed E-state index contributed by atoms with van der Waals surface area (Å²) >= 11 is 0. The second-order valence-electron chi connectivity index (χ2n) is 6.91. The van der Waals surface area contributed by atoms with Gasteiger partial charge in [0.05, 0.1) is 12.2 Å². The van der Waals surface area contributed by atoms with Gasteiger partial charge in [0.15, 0.2) is 0 Å². The van der Waals surface area contributed by atoms with Gasteiger partial charge in [-0.2, -0.15) is 0 Å². The number of hydrogen-bond donors (Lipinski definition) is 0. The van der Waals surface area contributed by atoms with Crippen LogP contribution in [0.15, 0.2) is 24.3 Å². The molecule has 5 heteroatoms. The number of unbranched alkanes of at least 4 members (excludes halogenated alkanes) is 1. The van der Waals surface area contributed by atoms with Gasteiger partial charge < -0.3 is 14.5 Å². The highest BCUT2D eigenvalue weighted by molar-refractivity contribution is 5.97. The zero-order valence-electron chi connectivity index (χ0n) is 15.1. The van der Waals surface area contributed by atoms with Crippen molar-refractivity contribution in [2.75, 3.05) is 26.2 Å². The summed E-state index contributed by atoms with van der Waals surface area (Å²) in [5.74, 6) is 0.996. The Morgan fingerprint density at radius 3 is 2.64 bits per heavy atom. The SMILES string of the molecule is CCCCOc1ccccc1C(=O)N1CCC(N2CCCC2=O)CC1. The molecule has 1 aromatic rings. The van der Waals surface area contributed by atoms with Crippen LogP contribution in [0.2, 0.25) is 0 Å². The zero-order chi connectivity index (χ0) is 17.6. The normalized spacial score (nSPS) is 18.7. The van der Waals surface area contributed by atoms with Crippen LogP contribution >= 0.6 is 0 Å². The Bertz CT molecular complexity index is 609. The lowest BCUT2D eigenvalue weighted by molar-refractivity contribution is -0.130. The summed E-state index contributed by atoms with van der Waals surface area (Å²) in [6, 6.07) is 7.81. The lowest BCUT2D eigenvalue weighted by Crippen LogP contribution is -2.47. The zero-order valence-corrected chi connectivity index (χ0v) is 15.1. The van der Waals surface area contributed by atoms with E-state index >= 15 is 0 Å². The van der Waals surface area contributed by atoms with Gasteiger partial charge in [0.2, 0.25) is 5.91 Å². The van der Waals surface area contributed by atoms with Crippen molar-refractivity contribution in [2.24, 2.45) is 0 Å². The summed E-state index contributed by atoms with van der Waals surface area (Å²) in [5.41, 5.74) is 0.648. The molecule has 2 aliphatic rings. The first-order chi connectivity index (χ1) is 12.2. The van der Waals surface area contributed by atoms with Crippen molar-refractivity contribution >= 4 is 11.8 Å². The molecule has 5 nitrogen and oxygen atoms in total. The van der Waals surface area contributed by atoms with E-state index in [1.54, 1.807) is 0 Å². The number of benzene rings is 1.